The van der Waals surface area contributed by atoms with E-state index in [4.69, 9.17) is 5.84 Å². The second-order valence-corrected chi connectivity index (χ2v) is 3.88. The molecule has 0 aliphatic carbocycles. The zero-order chi connectivity index (χ0) is 14.5. The Kier molecular flexibility index (Phi) is 5.64. The zero-order valence-electron chi connectivity index (χ0n) is 9.81. The van der Waals surface area contributed by atoms with Crippen molar-refractivity contribution in [3.05, 3.63) is 35.4 Å². The fourth-order valence-electron chi connectivity index (χ4n) is 1.51. The highest BCUT2D eigenvalue weighted by molar-refractivity contribution is 5.21. The van der Waals surface area contributed by atoms with Crippen LogP contribution >= 0.6 is 0 Å². The molecule has 0 saturated heterocycles. The Morgan fingerprint density at radius 3 is 2.21 bits per heavy atom. The molecule has 0 aromatic heterocycles. The van der Waals surface area contributed by atoms with Gasteiger partial charge in [-0.25, -0.2) is 8.78 Å². The van der Waals surface area contributed by atoms with Gasteiger partial charge in [0.15, 0.2) is 0 Å². The fraction of sp³-hybridized carbons (Fsp3) is 0.455. The van der Waals surface area contributed by atoms with E-state index in [-0.39, 0.29) is 18.6 Å². The molecule has 3 N–H and O–H groups in total. The maximum Gasteiger partial charge on any atom is 0.411 e. The third-order valence-electron chi connectivity index (χ3n) is 2.31. The van der Waals surface area contributed by atoms with E-state index in [2.05, 4.69) is 10.2 Å². The number of halogens is 5. The highest BCUT2D eigenvalue weighted by atomic mass is 19.4. The summed E-state index contributed by atoms with van der Waals surface area (Å²) in [6.45, 7) is -1.62. The molecule has 0 radical (unpaired) electrons. The molecule has 1 rings (SSSR count). The van der Waals surface area contributed by atoms with Gasteiger partial charge in [0.05, 0.1) is 0 Å². The second kappa shape index (κ2) is 6.78. The molecule has 8 heteroatoms. The lowest BCUT2D eigenvalue weighted by atomic mass is 10.0. The lowest BCUT2D eigenvalue weighted by Gasteiger charge is -2.17. The van der Waals surface area contributed by atoms with Crippen LogP contribution in [0.5, 0.6) is 0 Å². The fourth-order valence-corrected chi connectivity index (χ4v) is 1.51. The second-order valence-electron chi connectivity index (χ2n) is 3.88. The minimum absolute atomic E-state index is 0.0511. The third kappa shape index (κ3) is 5.95. The molecule has 0 heterocycles. The Bertz CT molecular complexity index is 390. The van der Waals surface area contributed by atoms with E-state index < -0.39 is 30.5 Å². The van der Waals surface area contributed by atoms with Crippen LogP contribution in [-0.2, 0) is 4.74 Å². The van der Waals surface area contributed by atoms with E-state index in [0.717, 1.165) is 12.1 Å². The molecule has 3 nitrogen and oxygen atoms in total. The molecular formula is C11H13F5N2O. The van der Waals surface area contributed by atoms with Crippen LogP contribution in [0.2, 0.25) is 0 Å². The SMILES string of the molecule is NNC(CCOCC(F)(F)F)c1cc(F)cc(F)c1. The molecule has 19 heavy (non-hydrogen) atoms. The first-order valence-electron chi connectivity index (χ1n) is 5.38. The summed E-state index contributed by atoms with van der Waals surface area (Å²) < 4.78 is 65.8. The molecule has 0 aliphatic heterocycles. The maximum absolute atomic E-state index is 13.0. The maximum atomic E-state index is 13.0. The van der Waals surface area contributed by atoms with Crippen LogP contribution < -0.4 is 11.3 Å². The lowest BCUT2D eigenvalue weighted by molar-refractivity contribution is -0.174. The number of alkyl halides is 3. The first-order chi connectivity index (χ1) is 8.81. The van der Waals surface area contributed by atoms with Crippen LogP contribution in [0.3, 0.4) is 0 Å². The van der Waals surface area contributed by atoms with E-state index in [1.54, 1.807) is 0 Å². The average Bonchev–Trinajstić information content (AvgIpc) is 2.26. The zero-order valence-corrected chi connectivity index (χ0v) is 9.81. The molecule has 0 bridgehead atoms. The van der Waals surface area contributed by atoms with E-state index in [9.17, 15) is 22.0 Å². The van der Waals surface area contributed by atoms with Crippen LogP contribution in [0.4, 0.5) is 22.0 Å². The van der Waals surface area contributed by atoms with E-state index in [1.165, 1.54) is 0 Å². The molecule has 0 aliphatic rings. The number of ether oxygens (including phenoxy) is 1. The van der Waals surface area contributed by atoms with Gasteiger partial charge >= 0.3 is 6.18 Å². The van der Waals surface area contributed by atoms with Crippen molar-refractivity contribution in [2.45, 2.75) is 18.6 Å². The minimum Gasteiger partial charge on any atom is -0.372 e. The van der Waals surface area contributed by atoms with Crippen molar-refractivity contribution >= 4 is 0 Å². The van der Waals surface area contributed by atoms with Crippen LogP contribution in [0.25, 0.3) is 0 Å². The summed E-state index contributed by atoms with van der Waals surface area (Å²) in [7, 11) is 0. The van der Waals surface area contributed by atoms with Gasteiger partial charge in [0.1, 0.15) is 18.2 Å². The molecule has 1 atom stereocenters. The van der Waals surface area contributed by atoms with Gasteiger partial charge in [-0.05, 0) is 24.1 Å². The van der Waals surface area contributed by atoms with Crippen LogP contribution in [0, 0.1) is 11.6 Å². The molecule has 108 valence electrons. The van der Waals surface area contributed by atoms with Crippen molar-refractivity contribution in [1.29, 1.82) is 0 Å². The number of benzene rings is 1. The number of hydrogen-bond donors (Lipinski definition) is 2. The number of nitrogens with two attached hydrogens (primary N) is 1. The van der Waals surface area contributed by atoms with Gasteiger partial charge < -0.3 is 4.74 Å². The summed E-state index contributed by atoms with van der Waals surface area (Å²) in [5.41, 5.74) is 2.48. The van der Waals surface area contributed by atoms with Gasteiger partial charge in [-0.3, -0.25) is 11.3 Å². The van der Waals surface area contributed by atoms with E-state index >= 15 is 0 Å². The number of nitrogens with one attached hydrogen (secondary N) is 1. The van der Waals surface area contributed by atoms with Gasteiger partial charge in [0.2, 0.25) is 0 Å². The lowest BCUT2D eigenvalue weighted by Crippen LogP contribution is -2.29. The summed E-state index contributed by atoms with van der Waals surface area (Å²) in [6, 6.07) is 2.10. The molecule has 1 aromatic rings. The van der Waals surface area contributed by atoms with Gasteiger partial charge in [0.25, 0.3) is 0 Å². The Morgan fingerprint density at radius 1 is 1.16 bits per heavy atom. The van der Waals surface area contributed by atoms with Crippen LogP contribution in [-0.4, -0.2) is 19.4 Å². The molecule has 0 spiro atoms. The average molecular weight is 284 g/mol. The Balaban J connectivity index is 2.53. The van der Waals surface area contributed by atoms with Crippen molar-refractivity contribution < 1.29 is 26.7 Å². The largest absolute Gasteiger partial charge is 0.411 e. The summed E-state index contributed by atoms with van der Waals surface area (Å²) in [6.07, 6.45) is -4.36. The topological polar surface area (TPSA) is 47.3 Å². The van der Waals surface area contributed by atoms with E-state index in [0.29, 0.717) is 6.07 Å². The highest BCUT2D eigenvalue weighted by Crippen LogP contribution is 2.20. The van der Waals surface area contributed by atoms with Crippen molar-refractivity contribution in [1.82, 2.24) is 5.43 Å². The Hall–Kier alpha value is -1.25. The van der Waals surface area contributed by atoms with E-state index in [1.807, 2.05) is 0 Å². The number of rotatable bonds is 6. The van der Waals surface area contributed by atoms with Gasteiger partial charge in [-0.15, -0.1) is 0 Å². The molecule has 1 aromatic carbocycles. The standard InChI is InChI=1S/C11H13F5N2O/c12-8-3-7(4-9(13)5-8)10(18-17)1-2-19-6-11(14,15)16/h3-5,10,18H,1-2,6,17H2. The molecule has 0 amide bonds. The van der Waals surface area contributed by atoms with Gasteiger partial charge in [0, 0.05) is 18.7 Å². The summed E-state index contributed by atoms with van der Waals surface area (Å²) in [5.74, 6) is 3.63. The van der Waals surface area contributed by atoms with Gasteiger partial charge in [-0.1, -0.05) is 0 Å². The number of hydrazine groups is 1. The number of hydrogen-bond acceptors (Lipinski definition) is 3. The van der Waals surface area contributed by atoms with Crippen molar-refractivity contribution in [2.75, 3.05) is 13.2 Å². The first-order valence-corrected chi connectivity index (χ1v) is 5.38. The first kappa shape index (κ1) is 15.8. The quantitative estimate of drug-likeness (QED) is 0.365. The predicted molar refractivity (Wildman–Crippen MR) is 57.9 cm³/mol. The van der Waals surface area contributed by atoms with Crippen molar-refractivity contribution in [3.8, 4) is 0 Å². The van der Waals surface area contributed by atoms with Crippen LogP contribution in [0.15, 0.2) is 18.2 Å². The summed E-state index contributed by atoms with van der Waals surface area (Å²) >= 11 is 0. The predicted octanol–water partition coefficient (Wildman–Crippen LogP) is 2.44. The Morgan fingerprint density at radius 2 is 1.74 bits per heavy atom. The molecule has 0 saturated carbocycles. The van der Waals surface area contributed by atoms with Crippen molar-refractivity contribution in [2.24, 2.45) is 5.84 Å². The highest BCUT2D eigenvalue weighted by Gasteiger charge is 2.27. The Labute approximate surface area is 106 Å². The normalized spacial score (nSPS) is 13.6. The van der Waals surface area contributed by atoms with Crippen molar-refractivity contribution in [3.63, 3.8) is 0 Å². The minimum atomic E-state index is -4.41. The summed E-state index contributed by atoms with van der Waals surface area (Å²) in [5, 5.41) is 0. The summed E-state index contributed by atoms with van der Waals surface area (Å²) in [4.78, 5) is 0. The molecule has 0 fully saturated rings. The molecule has 1 unspecified atom stereocenters. The van der Waals surface area contributed by atoms with Gasteiger partial charge in [-0.2, -0.15) is 13.2 Å². The van der Waals surface area contributed by atoms with Crippen LogP contribution in [0.1, 0.15) is 18.0 Å². The monoisotopic (exact) mass is 284 g/mol. The smallest absolute Gasteiger partial charge is 0.372 e. The molecular weight excluding hydrogens is 271 g/mol. The third-order valence-corrected chi connectivity index (χ3v) is 2.31.